The summed E-state index contributed by atoms with van der Waals surface area (Å²) >= 11 is 0.713. The molecule has 2 aromatic rings. The van der Waals surface area contributed by atoms with Crippen molar-refractivity contribution in [2.24, 2.45) is 0 Å². The van der Waals surface area contributed by atoms with Crippen molar-refractivity contribution in [2.75, 3.05) is 6.61 Å². The molecule has 1 N–H and O–H groups in total. The number of hydrogen-bond acceptors (Lipinski definition) is 5. The van der Waals surface area contributed by atoms with Crippen LogP contribution in [-0.4, -0.2) is 21.4 Å². The summed E-state index contributed by atoms with van der Waals surface area (Å²) in [5, 5.41) is 12.5. The number of thiophene rings is 1. The molecule has 114 valence electrons. The molecule has 0 atom stereocenters. The van der Waals surface area contributed by atoms with E-state index in [1.165, 1.54) is 11.4 Å². The first-order valence-electron chi connectivity index (χ1n) is 6.38. The number of rotatable bonds is 4. The van der Waals surface area contributed by atoms with Gasteiger partial charge in [0.15, 0.2) is 5.82 Å². The van der Waals surface area contributed by atoms with E-state index in [0.29, 0.717) is 37.6 Å². The van der Waals surface area contributed by atoms with Gasteiger partial charge in [0, 0.05) is 13.1 Å². The smallest absolute Gasteiger partial charge is 0.372 e. The van der Waals surface area contributed by atoms with Gasteiger partial charge >= 0.3 is 6.18 Å². The van der Waals surface area contributed by atoms with Crippen molar-refractivity contribution in [3.63, 3.8) is 0 Å². The van der Waals surface area contributed by atoms with Crippen molar-refractivity contribution in [2.45, 2.75) is 32.4 Å². The van der Waals surface area contributed by atoms with Crippen LogP contribution in [0.2, 0.25) is 0 Å². The highest BCUT2D eigenvalue weighted by Gasteiger charge is 2.34. The molecule has 0 aromatic carbocycles. The van der Waals surface area contributed by atoms with E-state index >= 15 is 0 Å². The molecule has 0 bridgehead atoms. The first-order valence-corrected chi connectivity index (χ1v) is 7.26. The third kappa shape index (κ3) is 3.09. The molecule has 0 saturated heterocycles. The number of fused-ring (bicyclic) bond motifs is 1. The number of aromatic nitrogens is 3. The van der Waals surface area contributed by atoms with Gasteiger partial charge in [0.2, 0.25) is 0 Å². The fraction of sp³-hybridized carbons (Fsp3) is 0.500. The number of nitrogens with zero attached hydrogens (tertiary/aromatic N) is 3. The van der Waals surface area contributed by atoms with Gasteiger partial charge in [0.1, 0.15) is 17.3 Å². The Morgan fingerprint density at radius 2 is 2.19 bits per heavy atom. The van der Waals surface area contributed by atoms with E-state index in [4.69, 9.17) is 4.74 Å². The van der Waals surface area contributed by atoms with Crippen LogP contribution in [-0.2, 0) is 37.2 Å². The molecule has 0 radical (unpaired) electrons. The van der Waals surface area contributed by atoms with Crippen LogP contribution >= 0.6 is 11.3 Å². The molecule has 5 nitrogen and oxygen atoms in total. The fourth-order valence-corrected chi connectivity index (χ4v) is 3.01. The van der Waals surface area contributed by atoms with E-state index in [9.17, 15) is 13.2 Å². The monoisotopic (exact) mass is 318 g/mol. The summed E-state index contributed by atoms with van der Waals surface area (Å²) in [6.45, 7) is 2.22. The summed E-state index contributed by atoms with van der Waals surface area (Å²) in [6, 6.07) is 1.49. The van der Waals surface area contributed by atoms with Crippen LogP contribution in [0.15, 0.2) is 11.4 Å². The predicted octanol–water partition coefficient (Wildman–Crippen LogP) is 2.18. The van der Waals surface area contributed by atoms with Crippen LogP contribution in [0.4, 0.5) is 13.2 Å². The van der Waals surface area contributed by atoms with E-state index in [1.54, 1.807) is 0 Å². The van der Waals surface area contributed by atoms with E-state index in [-0.39, 0.29) is 12.1 Å². The first kappa shape index (κ1) is 14.5. The lowest BCUT2D eigenvalue weighted by atomic mass is 10.2. The Morgan fingerprint density at radius 1 is 1.33 bits per heavy atom. The molecule has 1 aliphatic rings. The van der Waals surface area contributed by atoms with E-state index in [1.807, 2.05) is 4.57 Å². The second-order valence-electron chi connectivity index (χ2n) is 4.61. The van der Waals surface area contributed by atoms with Gasteiger partial charge in [-0.15, -0.1) is 21.5 Å². The van der Waals surface area contributed by atoms with Crippen molar-refractivity contribution in [3.05, 3.63) is 33.5 Å². The molecular formula is C12H13F3N4OS. The topological polar surface area (TPSA) is 52.0 Å². The van der Waals surface area contributed by atoms with Crippen LogP contribution in [0.1, 0.15) is 22.1 Å². The molecular weight excluding hydrogens is 305 g/mol. The van der Waals surface area contributed by atoms with Crippen LogP contribution in [0.25, 0.3) is 0 Å². The molecule has 0 amide bonds. The van der Waals surface area contributed by atoms with Crippen molar-refractivity contribution in [1.82, 2.24) is 20.1 Å². The summed E-state index contributed by atoms with van der Waals surface area (Å²) in [4.78, 5) is -0.549. The maximum absolute atomic E-state index is 12.7. The van der Waals surface area contributed by atoms with Gasteiger partial charge in [-0.1, -0.05) is 0 Å². The fourth-order valence-electron chi connectivity index (χ4n) is 2.22. The first-order chi connectivity index (χ1) is 10.1. The van der Waals surface area contributed by atoms with Gasteiger partial charge in [-0.25, -0.2) is 0 Å². The Labute approximate surface area is 122 Å². The summed E-state index contributed by atoms with van der Waals surface area (Å²) in [5.41, 5.74) is 0.259. The van der Waals surface area contributed by atoms with Crippen molar-refractivity contribution in [3.8, 4) is 0 Å². The average molecular weight is 318 g/mol. The van der Waals surface area contributed by atoms with E-state index in [0.717, 1.165) is 11.6 Å². The third-order valence-corrected chi connectivity index (χ3v) is 4.20. The zero-order valence-corrected chi connectivity index (χ0v) is 11.8. The molecule has 21 heavy (non-hydrogen) atoms. The molecule has 0 aliphatic carbocycles. The lowest BCUT2D eigenvalue weighted by Crippen LogP contribution is -2.22. The number of ether oxygens (including phenoxy) is 1. The SMILES string of the molecule is FC(F)(F)c1sccc1CNCc1nnc2n1CCOC2. The number of halogens is 3. The summed E-state index contributed by atoms with van der Waals surface area (Å²) < 4.78 is 45.4. The van der Waals surface area contributed by atoms with Crippen LogP contribution < -0.4 is 5.32 Å². The lowest BCUT2D eigenvalue weighted by Gasteiger charge is -2.15. The quantitative estimate of drug-likeness (QED) is 0.939. The largest absolute Gasteiger partial charge is 0.425 e. The predicted molar refractivity (Wildman–Crippen MR) is 69.5 cm³/mol. The van der Waals surface area contributed by atoms with Crippen molar-refractivity contribution < 1.29 is 17.9 Å². The van der Waals surface area contributed by atoms with Gasteiger partial charge in [-0.2, -0.15) is 13.2 Å². The summed E-state index contributed by atoms with van der Waals surface area (Å²) in [6.07, 6.45) is -4.30. The molecule has 0 fully saturated rings. The Morgan fingerprint density at radius 3 is 3.00 bits per heavy atom. The molecule has 1 aliphatic heterocycles. The molecule has 9 heteroatoms. The maximum atomic E-state index is 12.7. The van der Waals surface area contributed by atoms with Crippen LogP contribution in [0.3, 0.4) is 0 Å². The average Bonchev–Trinajstić information content (AvgIpc) is 3.05. The standard InChI is InChI=1S/C12H13F3N4OS/c13-12(14,15)11-8(1-4-21-11)5-16-6-9-17-18-10-7-20-3-2-19(9)10/h1,4,16H,2-3,5-7H2. The second-order valence-corrected chi connectivity index (χ2v) is 5.53. The lowest BCUT2D eigenvalue weighted by molar-refractivity contribution is -0.134. The maximum Gasteiger partial charge on any atom is 0.425 e. The van der Waals surface area contributed by atoms with Gasteiger partial charge in [-0.05, 0) is 17.0 Å². The minimum atomic E-state index is -4.30. The zero-order chi connectivity index (χ0) is 14.9. The highest BCUT2D eigenvalue weighted by molar-refractivity contribution is 7.10. The van der Waals surface area contributed by atoms with Crippen molar-refractivity contribution >= 4 is 11.3 Å². The second kappa shape index (κ2) is 5.74. The minimum Gasteiger partial charge on any atom is -0.372 e. The van der Waals surface area contributed by atoms with Gasteiger partial charge in [0.05, 0.1) is 13.2 Å². The van der Waals surface area contributed by atoms with Gasteiger partial charge in [-0.3, -0.25) is 0 Å². The summed E-state index contributed by atoms with van der Waals surface area (Å²) in [7, 11) is 0. The van der Waals surface area contributed by atoms with Crippen LogP contribution in [0.5, 0.6) is 0 Å². The number of alkyl halides is 3. The Bertz CT molecular complexity index is 622. The summed E-state index contributed by atoms with van der Waals surface area (Å²) in [5.74, 6) is 1.47. The molecule has 3 heterocycles. The zero-order valence-electron chi connectivity index (χ0n) is 11.0. The minimum absolute atomic E-state index is 0.150. The highest BCUT2D eigenvalue weighted by Crippen LogP contribution is 2.35. The molecule has 2 aromatic heterocycles. The van der Waals surface area contributed by atoms with E-state index < -0.39 is 11.1 Å². The number of nitrogens with one attached hydrogen (secondary N) is 1. The Balaban J connectivity index is 1.62. The van der Waals surface area contributed by atoms with Gasteiger partial charge < -0.3 is 14.6 Å². The van der Waals surface area contributed by atoms with E-state index in [2.05, 4.69) is 15.5 Å². The highest BCUT2D eigenvalue weighted by atomic mass is 32.1. The van der Waals surface area contributed by atoms with Crippen molar-refractivity contribution in [1.29, 1.82) is 0 Å². The molecule has 0 spiro atoms. The molecule has 0 unspecified atom stereocenters. The Hall–Kier alpha value is -1.45. The van der Waals surface area contributed by atoms with Gasteiger partial charge in [0.25, 0.3) is 0 Å². The normalized spacial score (nSPS) is 15.2. The van der Waals surface area contributed by atoms with Crippen LogP contribution in [0, 0.1) is 0 Å². The third-order valence-electron chi connectivity index (χ3n) is 3.20. The molecule has 0 saturated carbocycles. The Kier molecular flexibility index (Phi) is 3.96. The number of hydrogen-bond donors (Lipinski definition) is 1. The molecule has 3 rings (SSSR count).